The van der Waals surface area contributed by atoms with Crippen molar-refractivity contribution in [3.05, 3.63) is 64.6 Å². The Morgan fingerprint density at radius 1 is 1.19 bits per heavy atom. The van der Waals surface area contributed by atoms with E-state index in [1.165, 1.54) is 18.0 Å². The highest BCUT2D eigenvalue weighted by Gasteiger charge is 2.18. The fraction of sp³-hybridized carbons (Fsp3) is 0.167. The van der Waals surface area contributed by atoms with E-state index in [0.717, 1.165) is 16.3 Å². The predicted octanol–water partition coefficient (Wildman–Crippen LogP) is 4.10. The Labute approximate surface area is 158 Å². The van der Waals surface area contributed by atoms with Crippen molar-refractivity contribution in [3.63, 3.8) is 0 Å². The fourth-order valence-corrected chi connectivity index (χ4v) is 3.58. The summed E-state index contributed by atoms with van der Waals surface area (Å²) in [6, 6.07) is 13.9. The third-order valence-electron chi connectivity index (χ3n) is 4.19. The van der Waals surface area contributed by atoms with Crippen molar-refractivity contribution in [2.24, 2.45) is 0 Å². The van der Waals surface area contributed by atoms with Crippen LogP contribution in [0.3, 0.4) is 0 Å². The number of rotatable bonds is 6. The first-order valence-corrected chi connectivity index (χ1v) is 9.23. The maximum Gasteiger partial charge on any atom is 0.342 e. The van der Waals surface area contributed by atoms with Crippen molar-refractivity contribution in [2.45, 2.75) is 18.7 Å². The van der Waals surface area contributed by atoms with Gasteiger partial charge in [0, 0.05) is 18.2 Å². The van der Waals surface area contributed by atoms with Crippen LogP contribution < -0.4 is 0 Å². The summed E-state index contributed by atoms with van der Waals surface area (Å²) in [5, 5.41) is 21.8. The number of aromatic nitrogens is 4. The molecule has 0 unspecified atom stereocenters. The molecule has 0 bridgehead atoms. The first-order chi connectivity index (χ1) is 13.1. The highest BCUT2D eigenvalue weighted by atomic mass is 32.2. The molecule has 0 aliphatic heterocycles. The van der Waals surface area contributed by atoms with Gasteiger partial charge in [-0.05, 0) is 21.8 Å². The van der Waals surface area contributed by atoms with Gasteiger partial charge in [-0.1, -0.05) is 48.2 Å². The third-order valence-corrected chi connectivity index (χ3v) is 4.99. The molecule has 0 fully saturated rings. The molecule has 0 amide bonds. The maximum atomic E-state index is 11.0. The van der Waals surface area contributed by atoms with Gasteiger partial charge in [0.05, 0.1) is 0 Å². The molecule has 0 saturated carbocycles. The van der Waals surface area contributed by atoms with Crippen LogP contribution in [0.25, 0.3) is 22.2 Å². The second-order valence-corrected chi connectivity index (χ2v) is 6.87. The standard InChI is InChI=1S/C18H15N5O3S/c1-12-19-11-16(23(24)25)22(12)9-10-27-18-21-20-17(26-18)15-8-4-6-13-5-2-3-7-14(13)15/h2-8,11H,9-10H2,1H3. The summed E-state index contributed by atoms with van der Waals surface area (Å²) in [6.07, 6.45) is 1.27. The number of hydrogen-bond acceptors (Lipinski definition) is 7. The Kier molecular flexibility index (Phi) is 4.59. The van der Waals surface area contributed by atoms with Crippen molar-refractivity contribution in [3.8, 4) is 11.5 Å². The number of imidazole rings is 1. The van der Waals surface area contributed by atoms with E-state index < -0.39 is 4.92 Å². The molecule has 0 aliphatic rings. The number of nitrogens with zero attached hydrogens (tertiary/aromatic N) is 5. The molecule has 0 atom stereocenters. The molecule has 0 aliphatic carbocycles. The summed E-state index contributed by atoms with van der Waals surface area (Å²) < 4.78 is 7.35. The van der Waals surface area contributed by atoms with E-state index in [0.29, 0.717) is 29.2 Å². The molecule has 4 rings (SSSR count). The van der Waals surface area contributed by atoms with Crippen LogP contribution >= 0.6 is 11.8 Å². The zero-order valence-corrected chi connectivity index (χ0v) is 15.2. The summed E-state index contributed by atoms with van der Waals surface area (Å²) in [5.74, 6) is 1.59. The SMILES string of the molecule is Cc1ncc([N+](=O)[O-])n1CCSc1nnc(-c2cccc3ccccc23)o1. The predicted molar refractivity (Wildman–Crippen MR) is 102 cm³/mol. The van der Waals surface area contributed by atoms with Gasteiger partial charge in [-0.3, -0.25) is 0 Å². The van der Waals surface area contributed by atoms with E-state index in [4.69, 9.17) is 4.42 Å². The molecular weight excluding hydrogens is 366 g/mol. The highest BCUT2D eigenvalue weighted by Crippen LogP contribution is 2.29. The van der Waals surface area contributed by atoms with E-state index in [9.17, 15) is 10.1 Å². The topological polar surface area (TPSA) is 99.9 Å². The van der Waals surface area contributed by atoms with Crippen LogP contribution in [0.15, 0.2) is 58.3 Å². The van der Waals surface area contributed by atoms with Crippen LogP contribution in [-0.4, -0.2) is 30.4 Å². The molecule has 0 radical (unpaired) electrons. The molecule has 2 aromatic heterocycles. The Hall–Kier alpha value is -3.20. The second-order valence-electron chi connectivity index (χ2n) is 5.82. The fourth-order valence-electron chi connectivity index (χ4n) is 2.89. The lowest BCUT2D eigenvalue weighted by Crippen LogP contribution is -2.06. The molecule has 136 valence electrons. The number of benzene rings is 2. The Morgan fingerprint density at radius 2 is 2.00 bits per heavy atom. The van der Waals surface area contributed by atoms with E-state index in [1.54, 1.807) is 11.5 Å². The number of fused-ring (bicyclic) bond motifs is 1. The molecule has 2 heterocycles. The van der Waals surface area contributed by atoms with Crippen molar-refractivity contribution in [1.82, 2.24) is 19.7 Å². The first kappa shape index (κ1) is 17.2. The summed E-state index contributed by atoms with van der Waals surface area (Å²) in [5.41, 5.74) is 0.883. The van der Waals surface area contributed by atoms with Crippen molar-refractivity contribution >= 4 is 28.4 Å². The van der Waals surface area contributed by atoms with Crippen LogP contribution in [0.5, 0.6) is 0 Å². The first-order valence-electron chi connectivity index (χ1n) is 8.24. The monoisotopic (exact) mass is 381 g/mol. The van der Waals surface area contributed by atoms with Gasteiger partial charge >= 0.3 is 5.82 Å². The van der Waals surface area contributed by atoms with Crippen molar-refractivity contribution in [1.29, 1.82) is 0 Å². The van der Waals surface area contributed by atoms with E-state index >= 15 is 0 Å². The minimum atomic E-state index is -0.435. The average Bonchev–Trinajstić information content (AvgIpc) is 3.29. The van der Waals surface area contributed by atoms with Crippen molar-refractivity contribution in [2.75, 3.05) is 5.75 Å². The Balaban J connectivity index is 1.49. The van der Waals surface area contributed by atoms with E-state index in [-0.39, 0.29) is 5.82 Å². The lowest BCUT2D eigenvalue weighted by Gasteiger charge is -2.02. The minimum Gasteiger partial charge on any atom is -0.411 e. The van der Waals surface area contributed by atoms with Crippen LogP contribution in [0.1, 0.15) is 5.82 Å². The molecule has 0 saturated heterocycles. The van der Waals surface area contributed by atoms with Crippen LogP contribution in [-0.2, 0) is 6.54 Å². The Bertz CT molecular complexity index is 1120. The van der Waals surface area contributed by atoms with Gasteiger partial charge < -0.3 is 14.5 Å². The van der Waals surface area contributed by atoms with Gasteiger partial charge in [0.2, 0.25) is 5.89 Å². The van der Waals surface area contributed by atoms with Gasteiger partial charge in [0.1, 0.15) is 12.7 Å². The summed E-state index contributed by atoms with van der Waals surface area (Å²) in [7, 11) is 0. The molecule has 0 N–H and O–H groups in total. The summed E-state index contributed by atoms with van der Waals surface area (Å²) in [4.78, 5) is 14.6. The van der Waals surface area contributed by atoms with Gasteiger partial charge in [-0.25, -0.2) is 9.55 Å². The lowest BCUT2D eigenvalue weighted by molar-refractivity contribution is -0.392. The van der Waals surface area contributed by atoms with Crippen LogP contribution in [0, 0.1) is 17.0 Å². The maximum absolute atomic E-state index is 11.0. The van der Waals surface area contributed by atoms with Crippen molar-refractivity contribution < 1.29 is 9.34 Å². The number of hydrogen-bond donors (Lipinski definition) is 0. The quantitative estimate of drug-likeness (QED) is 0.282. The summed E-state index contributed by atoms with van der Waals surface area (Å²) >= 11 is 1.36. The number of nitro groups is 1. The Morgan fingerprint density at radius 3 is 2.85 bits per heavy atom. The molecule has 2 aromatic carbocycles. The van der Waals surface area contributed by atoms with Crippen LogP contribution in [0.4, 0.5) is 5.82 Å². The van der Waals surface area contributed by atoms with Crippen LogP contribution in [0.2, 0.25) is 0 Å². The van der Waals surface area contributed by atoms with Gasteiger partial charge in [-0.2, -0.15) is 0 Å². The molecule has 9 heteroatoms. The highest BCUT2D eigenvalue weighted by molar-refractivity contribution is 7.99. The molecule has 4 aromatic rings. The lowest BCUT2D eigenvalue weighted by atomic mass is 10.0. The van der Waals surface area contributed by atoms with E-state index in [1.807, 2.05) is 42.5 Å². The molecule has 8 nitrogen and oxygen atoms in total. The third kappa shape index (κ3) is 3.41. The zero-order chi connectivity index (χ0) is 18.8. The van der Waals surface area contributed by atoms with E-state index in [2.05, 4.69) is 15.2 Å². The zero-order valence-electron chi connectivity index (χ0n) is 14.4. The minimum absolute atomic E-state index is 0.0185. The normalized spacial score (nSPS) is 11.1. The summed E-state index contributed by atoms with van der Waals surface area (Å²) in [6.45, 7) is 2.17. The average molecular weight is 381 g/mol. The number of aryl methyl sites for hydroxylation is 1. The molecule has 27 heavy (non-hydrogen) atoms. The molecular formula is C18H15N5O3S. The smallest absolute Gasteiger partial charge is 0.342 e. The van der Waals surface area contributed by atoms with Gasteiger partial charge in [0.15, 0.2) is 5.82 Å². The van der Waals surface area contributed by atoms with Gasteiger partial charge in [-0.15, -0.1) is 10.2 Å². The second kappa shape index (κ2) is 7.20. The molecule has 0 spiro atoms. The largest absolute Gasteiger partial charge is 0.411 e. The number of thioether (sulfide) groups is 1. The van der Waals surface area contributed by atoms with Gasteiger partial charge in [0.25, 0.3) is 5.22 Å².